The van der Waals surface area contributed by atoms with Gasteiger partial charge in [0.25, 0.3) is 5.91 Å². The van der Waals surface area contributed by atoms with Crippen molar-refractivity contribution in [3.8, 4) is 0 Å². The van der Waals surface area contributed by atoms with Crippen molar-refractivity contribution >= 4 is 11.9 Å². The van der Waals surface area contributed by atoms with Crippen LogP contribution in [0.3, 0.4) is 0 Å². The predicted octanol–water partition coefficient (Wildman–Crippen LogP) is 1.95. The average Bonchev–Trinajstić information content (AvgIpc) is 3.11. The van der Waals surface area contributed by atoms with Crippen LogP contribution in [0, 0.1) is 0 Å². The van der Waals surface area contributed by atoms with E-state index >= 15 is 0 Å². The second kappa shape index (κ2) is 7.11. The first-order valence-electron chi connectivity index (χ1n) is 7.62. The molecule has 3 rings (SSSR count). The van der Waals surface area contributed by atoms with Crippen molar-refractivity contribution in [1.82, 2.24) is 15.1 Å². The number of imide groups is 1. The molecular weight excluding hydrogens is 294 g/mol. The summed E-state index contributed by atoms with van der Waals surface area (Å²) in [6.45, 7) is 3.66. The van der Waals surface area contributed by atoms with E-state index in [1.165, 1.54) is 17.9 Å². The van der Waals surface area contributed by atoms with Crippen LogP contribution in [0.25, 0.3) is 0 Å². The smallest absolute Gasteiger partial charge is 0.324 e. The standard InChI is InChI=1S/C17H19N3O3/c21-16(15-7-4-12-23-15)18-17(22)20-10-8-19(9-11-20)13-14-5-2-1-3-6-14/h1-7,12H,8-11,13H2,(H,18,21,22). The zero-order valence-corrected chi connectivity index (χ0v) is 12.8. The quantitative estimate of drug-likeness (QED) is 0.940. The number of furan rings is 1. The number of hydrogen-bond acceptors (Lipinski definition) is 4. The van der Waals surface area contributed by atoms with Crippen LogP contribution in [-0.2, 0) is 6.54 Å². The molecule has 6 heteroatoms. The minimum Gasteiger partial charge on any atom is -0.459 e. The molecule has 0 unspecified atom stereocenters. The van der Waals surface area contributed by atoms with Crippen LogP contribution in [0.4, 0.5) is 4.79 Å². The van der Waals surface area contributed by atoms with Gasteiger partial charge in [0.15, 0.2) is 5.76 Å². The lowest BCUT2D eigenvalue weighted by molar-refractivity contribution is 0.0906. The van der Waals surface area contributed by atoms with Crippen LogP contribution < -0.4 is 5.32 Å². The molecule has 1 aromatic carbocycles. The Morgan fingerprint density at radius 3 is 2.39 bits per heavy atom. The summed E-state index contributed by atoms with van der Waals surface area (Å²) < 4.78 is 4.98. The highest BCUT2D eigenvalue weighted by atomic mass is 16.3. The molecule has 1 aliphatic rings. The van der Waals surface area contributed by atoms with E-state index < -0.39 is 5.91 Å². The largest absolute Gasteiger partial charge is 0.459 e. The van der Waals surface area contributed by atoms with E-state index in [2.05, 4.69) is 22.3 Å². The molecule has 0 bridgehead atoms. The number of nitrogens with one attached hydrogen (secondary N) is 1. The summed E-state index contributed by atoms with van der Waals surface area (Å²) in [7, 11) is 0. The summed E-state index contributed by atoms with van der Waals surface area (Å²) in [4.78, 5) is 27.9. The molecule has 2 heterocycles. The Morgan fingerprint density at radius 2 is 1.74 bits per heavy atom. The summed E-state index contributed by atoms with van der Waals surface area (Å²) in [5, 5.41) is 2.35. The Labute approximate surface area is 134 Å². The lowest BCUT2D eigenvalue weighted by atomic mass is 10.2. The van der Waals surface area contributed by atoms with Crippen LogP contribution in [-0.4, -0.2) is 47.9 Å². The molecule has 6 nitrogen and oxygen atoms in total. The molecule has 3 amide bonds. The molecule has 1 saturated heterocycles. The Morgan fingerprint density at radius 1 is 1.00 bits per heavy atom. The lowest BCUT2D eigenvalue weighted by Crippen LogP contribution is -2.52. The molecule has 120 valence electrons. The van der Waals surface area contributed by atoms with Gasteiger partial charge in [-0.1, -0.05) is 30.3 Å². The highest BCUT2D eigenvalue weighted by Gasteiger charge is 2.23. The number of benzene rings is 1. The van der Waals surface area contributed by atoms with Gasteiger partial charge in [-0.25, -0.2) is 4.79 Å². The van der Waals surface area contributed by atoms with Gasteiger partial charge in [-0.2, -0.15) is 0 Å². The van der Waals surface area contributed by atoms with Gasteiger partial charge in [0, 0.05) is 32.7 Å². The normalized spacial score (nSPS) is 15.4. The van der Waals surface area contributed by atoms with Gasteiger partial charge in [0.1, 0.15) is 0 Å². The van der Waals surface area contributed by atoms with Crippen molar-refractivity contribution in [2.75, 3.05) is 26.2 Å². The van der Waals surface area contributed by atoms with E-state index in [4.69, 9.17) is 4.42 Å². The number of carbonyl (C=O) groups is 2. The first-order valence-corrected chi connectivity index (χ1v) is 7.62. The third-order valence-electron chi connectivity index (χ3n) is 3.87. The summed E-state index contributed by atoms with van der Waals surface area (Å²) in [6.07, 6.45) is 1.40. The molecule has 0 saturated carbocycles. The zero-order chi connectivity index (χ0) is 16.1. The Kier molecular flexibility index (Phi) is 4.73. The number of rotatable bonds is 3. The van der Waals surface area contributed by atoms with Crippen molar-refractivity contribution in [2.45, 2.75) is 6.54 Å². The minimum absolute atomic E-state index is 0.140. The fourth-order valence-electron chi connectivity index (χ4n) is 2.60. The van der Waals surface area contributed by atoms with Crippen LogP contribution >= 0.6 is 0 Å². The predicted molar refractivity (Wildman–Crippen MR) is 84.9 cm³/mol. The molecule has 0 spiro atoms. The first-order chi connectivity index (χ1) is 11.2. The van der Waals surface area contributed by atoms with E-state index in [9.17, 15) is 9.59 Å². The molecule has 23 heavy (non-hydrogen) atoms. The monoisotopic (exact) mass is 313 g/mol. The van der Waals surface area contributed by atoms with Crippen molar-refractivity contribution < 1.29 is 14.0 Å². The highest BCUT2D eigenvalue weighted by Crippen LogP contribution is 2.09. The zero-order valence-electron chi connectivity index (χ0n) is 12.8. The van der Waals surface area contributed by atoms with Crippen molar-refractivity contribution in [2.24, 2.45) is 0 Å². The van der Waals surface area contributed by atoms with E-state index in [0.717, 1.165) is 19.6 Å². The second-order valence-corrected chi connectivity index (χ2v) is 5.49. The average molecular weight is 313 g/mol. The molecular formula is C17H19N3O3. The fraction of sp³-hybridized carbons (Fsp3) is 0.294. The third kappa shape index (κ3) is 3.98. The Balaban J connectivity index is 1.47. The van der Waals surface area contributed by atoms with Gasteiger partial charge in [-0.05, 0) is 17.7 Å². The van der Waals surface area contributed by atoms with Gasteiger partial charge in [0.05, 0.1) is 6.26 Å². The van der Waals surface area contributed by atoms with Gasteiger partial charge in [-0.15, -0.1) is 0 Å². The Bertz CT molecular complexity index is 647. The lowest BCUT2D eigenvalue weighted by Gasteiger charge is -2.34. The molecule has 1 N–H and O–H groups in total. The van der Waals surface area contributed by atoms with Gasteiger partial charge in [-0.3, -0.25) is 15.0 Å². The molecule has 0 aliphatic carbocycles. The van der Waals surface area contributed by atoms with E-state index in [0.29, 0.717) is 13.1 Å². The third-order valence-corrected chi connectivity index (χ3v) is 3.87. The maximum atomic E-state index is 12.1. The van der Waals surface area contributed by atoms with Gasteiger partial charge < -0.3 is 9.32 Å². The SMILES string of the molecule is O=C(NC(=O)N1CCN(Cc2ccccc2)CC1)c1ccco1. The maximum absolute atomic E-state index is 12.1. The number of piperazine rings is 1. The highest BCUT2D eigenvalue weighted by molar-refractivity contribution is 6.02. The molecule has 0 radical (unpaired) electrons. The van der Waals surface area contributed by atoms with Crippen LogP contribution in [0.2, 0.25) is 0 Å². The Hall–Kier alpha value is -2.60. The van der Waals surface area contributed by atoms with E-state index in [1.54, 1.807) is 11.0 Å². The molecule has 1 fully saturated rings. The van der Waals surface area contributed by atoms with E-state index in [1.807, 2.05) is 18.2 Å². The number of urea groups is 1. The molecule has 1 aromatic heterocycles. The van der Waals surface area contributed by atoms with Crippen molar-refractivity contribution in [3.05, 3.63) is 60.1 Å². The number of amides is 3. The van der Waals surface area contributed by atoms with Crippen molar-refractivity contribution in [3.63, 3.8) is 0 Å². The number of nitrogens with zero attached hydrogens (tertiary/aromatic N) is 2. The van der Waals surface area contributed by atoms with E-state index in [-0.39, 0.29) is 11.8 Å². The summed E-state index contributed by atoms with van der Waals surface area (Å²) in [6, 6.07) is 13.0. The summed E-state index contributed by atoms with van der Waals surface area (Å²) in [5.41, 5.74) is 1.26. The summed E-state index contributed by atoms with van der Waals surface area (Å²) in [5.74, 6) is -0.368. The number of carbonyl (C=O) groups excluding carboxylic acids is 2. The fourth-order valence-corrected chi connectivity index (χ4v) is 2.60. The summed E-state index contributed by atoms with van der Waals surface area (Å²) >= 11 is 0. The van der Waals surface area contributed by atoms with Crippen LogP contribution in [0.15, 0.2) is 53.1 Å². The topological polar surface area (TPSA) is 65.8 Å². The second-order valence-electron chi connectivity index (χ2n) is 5.49. The van der Waals surface area contributed by atoms with Crippen LogP contribution in [0.5, 0.6) is 0 Å². The molecule has 0 atom stereocenters. The van der Waals surface area contributed by atoms with Crippen molar-refractivity contribution in [1.29, 1.82) is 0 Å². The number of hydrogen-bond donors (Lipinski definition) is 1. The van der Waals surface area contributed by atoms with Gasteiger partial charge in [0.2, 0.25) is 0 Å². The maximum Gasteiger partial charge on any atom is 0.324 e. The minimum atomic E-state index is -0.508. The van der Waals surface area contributed by atoms with Crippen LogP contribution in [0.1, 0.15) is 16.1 Å². The molecule has 2 aromatic rings. The van der Waals surface area contributed by atoms with Gasteiger partial charge >= 0.3 is 6.03 Å². The molecule has 1 aliphatic heterocycles. The first kappa shape index (κ1) is 15.3.